The van der Waals surface area contributed by atoms with Gasteiger partial charge in [0.15, 0.2) is 5.84 Å². The molecule has 7 heteroatoms. The standard InChI is InChI=1S/C20H21N7/c21-20(25-26-22)16-6-4-5-14(11-16)15-7-8-17-18(12-15)24-19(13-23-17)27-9-2-1-3-10-27/h4-8,11-13H,1-3,9-10H2,(H3,21,22,25). The van der Waals surface area contributed by atoms with Crippen LogP contribution >= 0.6 is 0 Å². The van der Waals surface area contributed by atoms with E-state index in [1.807, 2.05) is 42.6 Å². The largest absolute Gasteiger partial charge is 0.382 e. The van der Waals surface area contributed by atoms with Crippen LogP contribution in [-0.2, 0) is 0 Å². The van der Waals surface area contributed by atoms with Gasteiger partial charge in [0.25, 0.3) is 0 Å². The SMILES string of the molecule is N=N/N=C(\N)c1cccc(-c2ccc3ncc(N4CCCCC4)nc3c2)c1. The highest BCUT2D eigenvalue weighted by Crippen LogP contribution is 2.25. The molecule has 0 atom stereocenters. The van der Waals surface area contributed by atoms with Gasteiger partial charge in [-0.25, -0.2) is 4.98 Å². The number of benzene rings is 2. The van der Waals surface area contributed by atoms with E-state index in [1.54, 1.807) is 0 Å². The number of piperidine rings is 1. The van der Waals surface area contributed by atoms with Crippen molar-refractivity contribution in [2.75, 3.05) is 18.0 Å². The molecule has 1 aromatic heterocycles. The highest BCUT2D eigenvalue weighted by atomic mass is 15.3. The summed E-state index contributed by atoms with van der Waals surface area (Å²) in [7, 11) is 0. The van der Waals surface area contributed by atoms with Crippen LogP contribution in [0.15, 0.2) is 59.0 Å². The lowest BCUT2D eigenvalue weighted by molar-refractivity contribution is 0.573. The maximum absolute atomic E-state index is 6.83. The molecule has 3 N–H and O–H groups in total. The van der Waals surface area contributed by atoms with Crippen molar-refractivity contribution in [1.82, 2.24) is 9.97 Å². The van der Waals surface area contributed by atoms with Gasteiger partial charge in [-0.1, -0.05) is 29.5 Å². The number of amidine groups is 1. The van der Waals surface area contributed by atoms with E-state index >= 15 is 0 Å². The lowest BCUT2D eigenvalue weighted by atomic mass is 10.0. The Bertz CT molecular complexity index is 1010. The number of hydrogen-bond donors (Lipinski definition) is 2. The molecule has 1 aliphatic heterocycles. The first-order valence-electron chi connectivity index (χ1n) is 9.07. The molecule has 136 valence electrons. The van der Waals surface area contributed by atoms with Crippen LogP contribution < -0.4 is 10.6 Å². The maximum Gasteiger partial charge on any atom is 0.155 e. The molecule has 2 aromatic carbocycles. The van der Waals surface area contributed by atoms with Crippen LogP contribution in [0.25, 0.3) is 22.2 Å². The zero-order valence-corrected chi connectivity index (χ0v) is 15.0. The van der Waals surface area contributed by atoms with E-state index in [-0.39, 0.29) is 5.84 Å². The zero-order chi connectivity index (χ0) is 18.6. The summed E-state index contributed by atoms with van der Waals surface area (Å²) in [5.41, 5.74) is 17.2. The molecule has 1 aliphatic rings. The van der Waals surface area contributed by atoms with Crippen molar-refractivity contribution in [3.8, 4) is 11.1 Å². The van der Waals surface area contributed by atoms with Gasteiger partial charge in [0.2, 0.25) is 0 Å². The third-order valence-electron chi connectivity index (χ3n) is 4.86. The molecule has 1 fully saturated rings. The number of nitrogens with zero attached hydrogens (tertiary/aromatic N) is 5. The lowest BCUT2D eigenvalue weighted by Gasteiger charge is -2.27. The van der Waals surface area contributed by atoms with Gasteiger partial charge in [-0.05, 0) is 48.6 Å². The van der Waals surface area contributed by atoms with Gasteiger partial charge < -0.3 is 10.6 Å². The van der Waals surface area contributed by atoms with Gasteiger partial charge in [-0.3, -0.25) is 4.98 Å². The fourth-order valence-electron chi connectivity index (χ4n) is 3.43. The van der Waals surface area contributed by atoms with Crippen molar-refractivity contribution in [2.45, 2.75) is 19.3 Å². The molecule has 0 radical (unpaired) electrons. The molecule has 7 nitrogen and oxygen atoms in total. The van der Waals surface area contributed by atoms with Crippen LogP contribution in [0.3, 0.4) is 0 Å². The quantitative estimate of drug-likeness (QED) is 0.319. The minimum atomic E-state index is 0.222. The number of fused-ring (bicyclic) bond motifs is 1. The number of nitrogens with two attached hydrogens (primary N) is 1. The third-order valence-corrected chi connectivity index (χ3v) is 4.86. The lowest BCUT2D eigenvalue weighted by Crippen LogP contribution is -2.30. The average molecular weight is 359 g/mol. The normalized spacial score (nSPS) is 15.1. The van der Waals surface area contributed by atoms with Gasteiger partial charge in [0, 0.05) is 18.7 Å². The maximum atomic E-state index is 6.83. The van der Waals surface area contributed by atoms with Crippen molar-refractivity contribution in [3.05, 3.63) is 54.2 Å². The molecule has 3 aromatic rings. The Hall–Kier alpha value is -3.35. The van der Waals surface area contributed by atoms with E-state index in [9.17, 15) is 0 Å². The summed E-state index contributed by atoms with van der Waals surface area (Å²) in [4.78, 5) is 11.7. The highest BCUT2D eigenvalue weighted by Gasteiger charge is 2.13. The Morgan fingerprint density at radius 3 is 2.63 bits per heavy atom. The Labute approximate surface area is 157 Å². The van der Waals surface area contributed by atoms with E-state index < -0.39 is 0 Å². The average Bonchev–Trinajstić information content (AvgIpc) is 2.74. The predicted molar refractivity (Wildman–Crippen MR) is 107 cm³/mol. The molecule has 0 aliphatic carbocycles. The Morgan fingerprint density at radius 2 is 1.81 bits per heavy atom. The number of nitrogens with one attached hydrogen (secondary N) is 1. The van der Waals surface area contributed by atoms with Crippen LogP contribution in [0.1, 0.15) is 24.8 Å². The fraction of sp³-hybridized carbons (Fsp3) is 0.250. The van der Waals surface area contributed by atoms with E-state index in [2.05, 4.69) is 26.3 Å². The summed E-state index contributed by atoms with van der Waals surface area (Å²) in [6.07, 6.45) is 5.58. The molecule has 0 saturated carbocycles. The van der Waals surface area contributed by atoms with E-state index in [1.165, 1.54) is 19.3 Å². The summed E-state index contributed by atoms with van der Waals surface area (Å²) in [6.45, 7) is 2.09. The minimum Gasteiger partial charge on any atom is -0.382 e. The summed E-state index contributed by atoms with van der Waals surface area (Å²) in [5.74, 6) is 1.17. The molecule has 1 saturated heterocycles. The summed E-state index contributed by atoms with van der Waals surface area (Å²) in [5, 5.41) is 6.60. The monoisotopic (exact) mass is 359 g/mol. The first-order valence-corrected chi connectivity index (χ1v) is 9.07. The van der Waals surface area contributed by atoms with Crippen molar-refractivity contribution >= 4 is 22.7 Å². The fourth-order valence-corrected chi connectivity index (χ4v) is 3.43. The number of rotatable bonds is 4. The van der Waals surface area contributed by atoms with Crippen molar-refractivity contribution in [2.24, 2.45) is 16.1 Å². The smallest absolute Gasteiger partial charge is 0.155 e. The van der Waals surface area contributed by atoms with Crippen LogP contribution in [0.2, 0.25) is 0 Å². The van der Waals surface area contributed by atoms with Crippen molar-refractivity contribution in [1.29, 1.82) is 5.53 Å². The van der Waals surface area contributed by atoms with Crippen LogP contribution in [0.5, 0.6) is 0 Å². The highest BCUT2D eigenvalue weighted by molar-refractivity contribution is 5.98. The second kappa shape index (κ2) is 7.49. The van der Waals surface area contributed by atoms with E-state index in [0.717, 1.165) is 46.6 Å². The summed E-state index contributed by atoms with van der Waals surface area (Å²) in [6, 6.07) is 13.8. The Morgan fingerprint density at radius 1 is 1.00 bits per heavy atom. The van der Waals surface area contributed by atoms with E-state index in [0.29, 0.717) is 0 Å². The molecule has 0 amide bonds. The second-order valence-corrected chi connectivity index (χ2v) is 6.65. The number of hydrogen-bond acceptors (Lipinski definition) is 5. The van der Waals surface area contributed by atoms with Gasteiger partial charge in [0.05, 0.1) is 17.2 Å². The van der Waals surface area contributed by atoms with Gasteiger partial charge in [-0.2, -0.15) is 5.53 Å². The van der Waals surface area contributed by atoms with Gasteiger partial charge in [0.1, 0.15) is 5.82 Å². The molecule has 0 bridgehead atoms. The van der Waals surface area contributed by atoms with Crippen molar-refractivity contribution < 1.29 is 0 Å². The molecular weight excluding hydrogens is 338 g/mol. The first-order chi connectivity index (χ1) is 13.2. The van der Waals surface area contributed by atoms with Crippen LogP contribution in [-0.4, -0.2) is 28.9 Å². The summed E-state index contributed by atoms with van der Waals surface area (Å²) < 4.78 is 0. The topological polar surface area (TPSA) is 104 Å². The van der Waals surface area contributed by atoms with Crippen molar-refractivity contribution in [3.63, 3.8) is 0 Å². The van der Waals surface area contributed by atoms with Gasteiger partial charge >= 0.3 is 0 Å². The third kappa shape index (κ3) is 3.62. The Balaban J connectivity index is 1.71. The van der Waals surface area contributed by atoms with Crippen LogP contribution in [0, 0.1) is 5.53 Å². The predicted octanol–water partition coefficient (Wildman–Crippen LogP) is 3.94. The minimum absolute atomic E-state index is 0.222. The first kappa shape index (κ1) is 17.1. The number of anilines is 1. The number of aromatic nitrogens is 2. The zero-order valence-electron chi connectivity index (χ0n) is 15.0. The van der Waals surface area contributed by atoms with E-state index in [4.69, 9.17) is 16.2 Å². The van der Waals surface area contributed by atoms with Crippen LogP contribution in [0.4, 0.5) is 5.82 Å². The second-order valence-electron chi connectivity index (χ2n) is 6.65. The molecule has 0 spiro atoms. The molecule has 2 heterocycles. The molecule has 4 rings (SSSR count). The summed E-state index contributed by atoms with van der Waals surface area (Å²) >= 11 is 0. The van der Waals surface area contributed by atoms with Gasteiger partial charge in [-0.15, -0.1) is 5.10 Å². The molecule has 0 unspecified atom stereocenters. The molecular formula is C20H21N7. The molecule has 27 heavy (non-hydrogen) atoms. The Kier molecular flexibility index (Phi) is 4.74.